The van der Waals surface area contributed by atoms with Gasteiger partial charge in [0, 0.05) is 5.56 Å². The first-order chi connectivity index (χ1) is 6.63. The molecule has 2 atom stereocenters. The van der Waals surface area contributed by atoms with Gasteiger partial charge >= 0.3 is 0 Å². The molecule has 0 aromatic heterocycles. The molecule has 0 saturated carbocycles. The Labute approximate surface area is 82.6 Å². The highest BCUT2D eigenvalue weighted by Gasteiger charge is 2.01. The van der Waals surface area contributed by atoms with Crippen molar-refractivity contribution in [3.63, 3.8) is 0 Å². The zero-order valence-corrected chi connectivity index (χ0v) is 8.24. The Kier molecular flexibility index (Phi) is 3.99. The molecule has 0 radical (unpaired) electrons. The highest BCUT2D eigenvalue weighted by Crippen LogP contribution is 2.03. The third kappa shape index (κ3) is 3.06. The van der Waals surface area contributed by atoms with Crippen LogP contribution in [0.15, 0.2) is 24.3 Å². The van der Waals surface area contributed by atoms with Crippen molar-refractivity contribution in [2.45, 2.75) is 6.54 Å². The molecule has 0 aliphatic heterocycles. The quantitative estimate of drug-likeness (QED) is 0.596. The molecule has 78 valence electrons. The Morgan fingerprint density at radius 1 is 1.21 bits per heavy atom. The van der Waals surface area contributed by atoms with Crippen LogP contribution in [0.4, 0.5) is 5.69 Å². The maximum Gasteiger partial charge on any atom is 0.132 e. The predicted octanol–water partition coefficient (Wildman–Crippen LogP) is -1.23. The van der Waals surface area contributed by atoms with E-state index in [1.54, 1.807) is 24.3 Å². The molecule has 1 aromatic carbocycles. The van der Waals surface area contributed by atoms with Crippen LogP contribution < -0.4 is 10.3 Å². The van der Waals surface area contributed by atoms with Crippen molar-refractivity contribution < 1.29 is 15.1 Å². The lowest BCUT2D eigenvalue weighted by Gasteiger charge is -2.18. The molecule has 0 aliphatic carbocycles. The molecule has 0 saturated heterocycles. The van der Waals surface area contributed by atoms with Crippen LogP contribution >= 0.6 is 0 Å². The largest absolute Gasteiger partial charge is 0.629 e. The summed E-state index contributed by atoms with van der Waals surface area (Å²) in [6, 6.07) is 6.93. The number of nitrogens with one attached hydrogen (secondary N) is 2. The maximum atomic E-state index is 10.9. The fourth-order valence-electron chi connectivity index (χ4n) is 1.10. The summed E-state index contributed by atoms with van der Waals surface area (Å²) in [5.74, 6) is 0. The summed E-state index contributed by atoms with van der Waals surface area (Å²) in [4.78, 5) is 4.53. The fourth-order valence-corrected chi connectivity index (χ4v) is 1.10. The van der Waals surface area contributed by atoms with Gasteiger partial charge in [0.05, 0.1) is 14.2 Å². The van der Waals surface area contributed by atoms with Crippen molar-refractivity contribution in [1.82, 2.24) is 0 Å². The molecule has 14 heavy (non-hydrogen) atoms. The normalized spacial score (nSPS) is 15.1. The van der Waals surface area contributed by atoms with Gasteiger partial charge in [-0.1, -0.05) is 0 Å². The first kappa shape index (κ1) is 11.1. The number of rotatable bonds is 4. The van der Waals surface area contributed by atoms with Gasteiger partial charge in [-0.15, -0.1) is 0 Å². The summed E-state index contributed by atoms with van der Waals surface area (Å²) in [7, 11) is 2.86. The van der Waals surface area contributed by atoms with E-state index in [0.29, 0.717) is 5.69 Å². The van der Waals surface area contributed by atoms with Crippen LogP contribution in [0, 0.1) is 10.4 Å². The van der Waals surface area contributed by atoms with Gasteiger partial charge in [-0.3, -0.25) is 0 Å². The number of hydrogen-bond acceptors (Lipinski definition) is 3. The Morgan fingerprint density at radius 3 is 2.21 bits per heavy atom. The van der Waals surface area contributed by atoms with Gasteiger partial charge in [0.25, 0.3) is 0 Å². The second kappa shape index (κ2) is 5.04. The zero-order chi connectivity index (χ0) is 10.6. The van der Waals surface area contributed by atoms with E-state index in [1.807, 2.05) is 0 Å². The van der Waals surface area contributed by atoms with Gasteiger partial charge < -0.3 is 15.5 Å². The summed E-state index contributed by atoms with van der Waals surface area (Å²) < 4.78 is 0. The van der Waals surface area contributed by atoms with Crippen LogP contribution in [-0.4, -0.2) is 14.2 Å². The van der Waals surface area contributed by atoms with E-state index < -0.39 is 0 Å². The fraction of sp³-hybridized carbons (Fsp3) is 0.333. The summed E-state index contributed by atoms with van der Waals surface area (Å²) in [6.45, 7) is 0.245. The lowest BCUT2D eigenvalue weighted by molar-refractivity contribution is -1.06. The van der Waals surface area contributed by atoms with Crippen LogP contribution in [0.2, 0.25) is 0 Å². The molecule has 0 spiro atoms. The van der Waals surface area contributed by atoms with Crippen LogP contribution in [0.5, 0.6) is 0 Å². The van der Waals surface area contributed by atoms with Gasteiger partial charge in [-0.05, 0) is 24.3 Å². The van der Waals surface area contributed by atoms with Crippen LogP contribution in [0.25, 0.3) is 0 Å². The van der Waals surface area contributed by atoms with Crippen LogP contribution in [-0.2, 0) is 11.4 Å². The predicted molar refractivity (Wildman–Crippen MR) is 51.4 cm³/mol. The molecule has 5 heteroatoms. The molecular weight excluding hydrogens is 184 g/mol. The van der Waals surface area contributed by atoms with Crippen molar-refractivity contribution in [3.8, 4) is 0 Å². The van der Waals surface area contributed by atoms with Crippen molar-refractivity contribution in [1.29, 1.82) is 0 Å². The molecule has 2 unspecified atom stereocenters. The van der Waals surface area contributed by atoms with Gasteiger partial charge in [0.1, 0.15) is 12.2 Å². The average Bonchev–Trinajstić information content (AvgIpc) is 2.18. The molecular formula is C9H14N2O3. The first-order valence-corrected chi connectivity index (χ1v) is 4.30. The molecule has 0 heterocycles. The van der Waals surface area contributed by atoms with Crippen LogP contribution in [0.3, 0.4) is 0 Å². The van der Waals surface area contributed by atoms with Crippen molar-refractivity contribution in [2.75, 3.05) is 14.2 Å². The van der Waals surface area contributed by atoms with Crippen molar-refractivity contribution in [2.24, 2.45) is 0 Å². The minimum Gasteiger partial charge on any atom is -0.629 e. The zero-order valence-electron chi connectivity index (χ0n) is 8.24. The molecule has 2 N–H and O–H groups in total. The van der Waals surface area contributed by atoms with E-state index in [1.165, 1.54) is 14.2 Å². The lowest BCUT2D eigenvalue weighted by Crippen LogP contribution is -3.04. The minimum absolute atomic E-state index is 0.0228. The van der Waals surface area contributed by atoms with E-state index in [4.69, 9.17) is 0 Å². The maximum absolute atomic E-state index is 10.9. The average molecular weight is 198 g/mol. The molecule has 0 aliphatic rings. The number of quaternary nitrogens is 2. The van der Waals surface area contributed by atoms with Crippen molar-refractivity contribution >= 4 is 5.69 Å². The summed E-state index contributed by atoms with van der Waals surface area (Å²) in [5, 5.41) is 21.6. The van der Waals surface area contributed by atoms with Gasteiger partial charge in [0.2, 0.25) is 0 Å². The van der Waals surface area contributed by atoms with Gasteiger partial charge in [0.15, 0.2) is 0 Å². The lowest BCUT2D eigenvalue weighted by atomic mass is 10.2. The molecule has 1 aromatic rings. The third-order valence-electron chi connectivity index (χ3n) is 1.94. The number of benzene rings is 1. The van der Waals surface area contributed by atoms with Gasteiger partial charge in [-0.25, -0.2) is 10.1 Å². The Bertz CT molecular complexity index is 274. The minimum atomic E-state index is -0.277. The van der Waals surface area contributed by atoms with Crippen molar-refractivity contribution in [3.05, 3.63) is 40.2 Å². The first-order valence-electron chi connectivity index (χ1n) is 4.30. The Hall–Kier alpha value is -0.980. The Morgan fingerprint density at radius 2 is 1.79 bits per heavy atom. The summed E-state index contributed by atoms with van der Waals surface area (Å²) >= 11 is 0. The molecule has 1 rings (SSSR count). The highest BCUT2D eigenvalue weighted by molar-refractivity contribution is 5.32. The molecule has 5 nitrogen and oxygen atoms in total. The SMILES string of the molecule is CO[NH+]([O-])Cc1ccc([NH+](C)[O-])cc1. The second-order valence-electron chi connectivity index (χ2n) is 3.01. The monoisotopic (exact) mass is 198 g/mol. The number of hydroxylamine groups is 3. The standard InChI is InChI=1S/C9H14N2O3/c1-10(12)9-5-3-8(4-6-9)7-11(13)14-2/h3-6,10-11H,7H2,1-2H3. The van der Waals surface area contributed by atoms with E-state index in [9.17, 15) is 10.4 Å². The number of hydrogen-bond donors (Lipinski definition) is 2. The highest BCUT2D eigenvalue weighted by atomic mass is 16.9. The molecule has 0 bridgehead atoms. The van der Waals surface area contributed by atoms with E-state index in [-0.39, 0.29) is 16.8 Å². The second-order valence-corrected chi connectivity index (χ2v) is 3.01. The van der Waals surface area contributed by atoms with Gasteiger partial charge in [-0.2, -0.15) is 0 Å². The van der Waals surface area contributed by atoms with E-state index in [2.05, 4.69) is 4.84 Å². The third-order valence-corrected chi connectivity index (χ3v) is 1.94. The summed E-state index contributed by atoms with van der Waals surface area (Å²) in [5.41, 5.74) is 1.50. The molecule has 0 fully saturated rings. The van der Waals surface area contributed by atoms with E-state index >= 15 is 0 Å². The van der Waals surface area contributed by atoms with E-state index in [0.717, 1.165) is 5.56 Å². The smallest absolute Gasteiger partial charge is 0.132 e. The Balaban J connectivity index is 2.64. The molecule has 0 amide bonds. The summed E-state index contributed by atoms with van der Waals surface area (Å²) in [6.07, 6.45) is 0. The topological polar surface area (TPSA) is 64.2 Å². The van der Waals surface area contributed by atoms with Crippen LogP contribution in [0.1, 0.15) is 5.56 Å².